The Kier molecular flexibility index (Phi) is 3.92. The maximum absolute atomic E-state index is 6.11. The topological polar surface area (TPSA) is 38.5 Å². The Morgan fingerprint density at radius 2 is 2.17 bits per heavy atom. The maximum atomic E-state index is 6.11. The highest BCUT2D eigenvalue weighted by Gasteiger charge is 2.19. The van der Waals surface area contributed by atoms with Gasteiger partial charge in [0.2, 0.25) is 0 Å². The van der Waals surface area contributed by atoms with E-state index in [1.165, 1.54) is 11.3 Å². The molecule has 1 aromatic carbocycles. The summed E-state index contributed by atoms with van der Waals surface area (Å²) in [4.78, 5) is 2.39. The molecule has 0 amide bonds. The van der Waals surface area contributed by atoms with Crippen molar-refractivity contribution in [3.63, 3.8) is 0 Å². The van der Waals surface area contributed by atoms with Gasteiger partial charge in [0.05, 0.1) is 7.11 Å². The van der Waals surface area contributed by atoms with Crippen LogP contribution in [0, 0.1) is 0 Å². The van der Waals surface area contributed by atoms with E-state index in [1.54, 1.807) is 7.11 Å². The quantitative estimate of drug-likeness (QED) is 0.833. The lowest BCUT2D eigenvalue weighted by Crippen LogP contribution is -2.30. The lowest BCUT2D eigenvalue weighted by atomic mass is 10.0. The number of methoxy groups -OCH3 is 1. The van der Waals surface area contributed by atoms with E-state index >= 15 is 0 Å². The predicted octanol–water partition coefficient (Wildman–Crippen LogP) is 2.87. The normalized spacial score (nSPS) is 17.3. The van der Waals surface area contributed by atoms with Crippen molar-refractivity contribution in [3.05, 3.63) is 35.4 Å². The summed E-state index contributed by atoms with van der Waals surface area (Å²) in [6.45, 7) is 6.21. The first kappa shape index (κ1) is 13.0. The summed E-state index contributed by atoms with van der Waals surface area (Å²) < 4.78 is 5.44. The van der Waals surface area contributed by atoms with Crippen LogP contribution in [0.2, 0.25) is 0 Å². The number of hydrogen-bond acceptors (Lipinski definition) is 3. The second-order valence-electron chi connectivity index (χ2n) is 4.94. The second kappa shape index (κ2) is 5.44. The Labute approximate surface area is 109 Å². The van der Waals surface area contributed by atoms with Gasteiger partial charge in [-0.25, -0.2) is 0 Å². The second-order valence-corrected chi connectivity index (χ2v) is 4.94. The van der Waals surface area contributed by atoms with Crippen molar-refractivity contribution in [3.8, 4) is 5.75 Å². The third kappa shape index (κ3) is 2.51. The molecule has 3 nitrogen and oxygen atoms in total. The molecule has 3 heteroatoms. The van der Waals surface area contributed by atoms with E-state index < -0.39 is 0 Å². The third-order valence-electron chi connectivity index (χ3n) is 3.39. The smallest absolute Gasteiger partial charge is 0.125 e. The summed E-state index contributed by atoms with van der Waals surface area (Å²) in [5.74, 6) is 0.884. The molecule has 1 atom stereocenters. The molecule has 0 saturated heterocycles. The summed E-state index contributed by atoms with van der Waals surface area (Å²) in [5.41, 5.74) is 9.84. The molecule has 98 valence electrons. The average Bonchev–Trinajstić information content (AvgIpc) is 2.37. The lowest BCUT2D eigenvalue weighted by molar-refractivity contribution is 0.407. The monoisotopic (exact) mass is 246 g/mol. The molecule has 0 aliphatic carbocycles. The summed E-state index contributed by atoms with van der Waals surface area (Å²) in [5, 5.41) is 0. The van der Waals surface area contributed by atoms with Crippen molar-refractivity contribution in [1.29, 1.82) is 0 Å². The largest absolute Gasteiger partial charge is 0.496 e. The maximum Gasteiger partial charge on any atom is 0.125 e. The number of ether oxygens (including phenoxy) is 1. The molecular weight excluding hydrogens is 224 g/mol. The van der Waals surface area contributed by atoms with Gasteiger partial charge < -0.3 is 15.4 Å². The van der Waals surface area contributed by atoms with Crippen LogP contribution in [0.5, 0.6) is 5.75 Å². The zero-order chi connectivity index (χ0) is 13.1. The first-order valence-electron chi connectivity index (χ1n) is 6.46. The molecule has 1 heterocycles. The van der Waals surface area contributed by atoms with Crippen LogP contribution < -0.4 is 15.4 Å². The number of nitrogens with two attached hydrogens (primary N) is 1. The van der Waals surface area contributed by atoms with Gasteiger partial charge in [-0.05, 0) is 32.4 Å². The fourth-order valence-corrected chi connectivity index (χ4v) is 2.56. The zero-order valence-electron chi connectivity index (χ0n) is 11.4. The minimum Gasteiger partial charge on any atom is -0.496 e. The van der Waals surface area contributed by atoms with E-state index in [0.717, 1.165) is 30.8 Å². The van der Waals surface area contributed by atoms with Gasteiger partial charge in [0.15, 0.2) is 0 Å². The van der Waals surface area contributed by atoms with Crippen LogP contribution in [0.3, 0.4) is 0 Å². The Hall–Kier alpha value is -1.48. The Balaban J connectivity index is 2.41. The van der Waals surface area contributed by atoms with Gasteiger partial charge in [0, 0.05) is 30.4 Å². The van der Waals surface area contributed by atoms with Crippen LogP contribution >= 0.6 is 0 Å². The Bertz CT molecular complexity index is 452. The number of anilines is 1. The van der Waals surface area contributed by atoms with Gasteiger partial charge in [-0.2, -0.15) is 0 Å². The molecule has 0 bridgehead atoms. The molecule has 0 spiro atoms. The molecule has 1 aliphatic heterocycles. The molecule has 1 unspecified atom stereocenters. The predicted molar refractivity (Wildman–Crippen MR) is 76.2 cm³/mol. The third-order valence-corrected chi connectivity index (χ3v) is 3.39. The van der Waals surface area contributed by atoms with E-state index in [-0.39, 0.29) is 6.04 Å². The summed E-state index contributed by atoms with van der Waals surface area (Å²) in [6, 6.07) is 6.13. The molecule has 0 saturated carbocycles. The molecule has 2 N–H and O–H groups in total. The highest BCUT2D eigenvalue weighted by molar-refractivity contribution is 5.61. The zero-order valence-corrected chi connectivity index (χ0v) is 11.4. The molecule has 0 radical (unpaired) electrons. The first-order valence-corrected chi connectivity index (χ1v) is 6.46. The fourth-order valence-electron chi connectivity index (χ4n) is 2.56. The minimum absolute atomic E-state index is 0.0256. The number of benzene rings is 1. The van der Waals surface area contributed by atoms with Crippen molar-refractivity contribution in [1.82, 2.24) is 0 Å². The van der Waals surface area contributed by atoms with Gasteiger partial charge in [-0.3, -0.25) is 0 Å². The van der Waals surface area contributed by atoms with Crippen molar-refractivity contribution in [2.24, 2.45) is 5.73 Å². The number of hydrogen-bond donors (Lipinski definition) is 1. The van der Waals surface area contributed by atoms with E-state index in [0.29, 0.717) is 0 Å². The molecular formula is C15H22N2O. The van der Waals surface area contributed by atoms with E-state index in [2.05, 4.69) is 24.0 Å². The van der Waals surface area contributed by atoms with E-state index in [4.69, 9.17) is 10.5 Å². The minimum atomic E-state index is -0.0256. The van der Waals surface area contributed by atoms with Crippen molar-refractivity contribution < 1.29 is 4.74 Å². The standard InChI is InChI=1S/C15H22N2O/c1-11-6-5-9-17(10-11)13-7-4-8-14(18-3)15(13)12(2)16/h4,6-8,12H,5,9-10,16H2,1-3H3. The van der Waals surface area contributed by atoms with Crippen LogP contribution in [0.4, 0.5) is 5.69 Å². The molecule has 0 fully saturated rings. The Morgan fingerprint density at radius 1 is 1.39 bits per heavy atom. The van der Waals surface area contributed by atoms with Crippen LogP contribution in [-0.2, 0) is 0 Å². The molecule has 1 aliphatic rings. The van der Waals surface area contributed by atoms with Gasteiger partial charge in [0.25, 0.3) is 0 Å². The highest BCUT2D eigenvalue weighted by Crippen LogP contribution is 2.34. The van der Waals surface area contributed by atoms with E-state index in [9.17, 15) is 0 Å². The van der Waals surface area contributed by atoms with Gasteiger partial charge in [-0.15, -0.1) is 0 Å². The summed E-state index contributed by atoms with van der Waals surface area (Å²) >= 11 is 0. The fraction of sp³-hybridized carbons (Fsp3) is 0.467. The average molecular weight is 246 g/mol. The van der Waals surface area contributed by atoms with Gasteiger partial charge in [0.1, 0.15) is 5.75 Å². The molecule has 0 aromatic heterocycles. The van der Waals surface area contributed by atoms with Crippen molar-refractivity contribution >= 4 is 5.69 Å². The van der Waals surface area contributed by atoms with Gasteiger partial charge >= 0.3 is 0 Å². The van der Waals surface area contributed by atoms with Crippen LogP contribution in [0.25, 0.3) is 0 Å². The first-order chi connectivity index (χ1) is 8.63. The van der Waals surface area contributed by atoms with Gasteiger partial charge in [-0.1, -0.05) is 17.7 Å². The molecule has 1 aromatic rings. The van der Waals surface area contributed by atoms with Crippen LogP contribution in [0.15, 0.2) is 29.8 Å². The van der Waals surface area contributed by atoms with Crippen molar-refractivity contribution in [2.45, 2.75) is 26.3 Å². The number of rotatable bonds is 3. The van der Waals surface area contributed by atoms with E-state index in [1.807, 2.05) is 19.1 Å². The van der Waals surface area contributed by atoms with Crippen LogP contribution in [0.1, 0.15) is 31.9 Å². The number of nitrogens with zero attached hydrogens (tertiary/aromatic N) is 1. The Morgan fingerprint density at radius 3 is 2.78 bits per heavy atom. The lowest BCUT2D eigenvalue weighted by Gasteiger charge is -2.31. The summed E-state index contributed by atoms with van der Waals surface area (Å²) in [7, 11) is 1.70. The SMILES string of the molecule is COc1cccc(N2CCC=C(C)C2)c1C(C)N. The molecule has 2 rings (SSSR count). The summed E-state index contributed by atoms with van der Waals surface area (Å²) in [6.07, 6.45) is 3.41. The molecule has 18 heavy (non-hydrogen) atoms. The van der Waals surface area contributed by atoms with Crippen molar-refractivity contribution in [2.75, 3.05) is 25.1 Å². The highest BCUT2D eigenvalue weighted by atomic mass is 16.5. The van der Waals surface area contributed by atoms with Crippen LogP contribution in [-0.4, -0.2) is 20.2 Å².